The third-order valence-electron chi connectivity index (χ3n) is 0.953. The Morgan fingerprint density at radius 2 is 2.00 bits per heavy atom. The van der Waals surface area contributed by atoms with Crippen LogP contribution in [0.5, 0.6) is 0 Å². The fourth-order valence-corrected chi connectivity index (χ4v) is 0.486. The number of ether oxygens (including phenoxy) is 1. The van der Waals surface area contributed by atoms with E-state index in [1.165, 1.54) is 0 Å². The monoisotopic (exact) mass is 306 g/mol. The molecule has 0 N–H and O–H groups in total. The summed E-state index contributed by atoms with van der Waals surface area (Å²) in [7, 11) is 0. The van der Waals surface area contributed by atoms with E-state index in [1.807, 2.05) is 6.92 Å². The van der Waals surface area contributed by atoms with Gasteiger partial charge < -0.3 is 18.1 Å². The molecular formula is C8H16OY2-2. The van der Waals surface area contributed by atoms with E-state index in [4.69, 9.17) is 4.74 Å². The molecule has 0 spiro atoms. The van der Waals surface area contributed by atoms with Gasteiger partial charge in [-0.2, -0.15) is 13.3 Å². The molecule has 11 heavy (non-hydrogen) atoms. The summed E-state index contributed by atoms with van der Waals surface area (Å²) in [5.41, 5.74) is 0. The van der Waals surface area contributed by atoms with E-state index in [0.29, 0.717) is 5.92 Å². The van der Waals surface area contributed by atoms with Gasteiger partial charge in [-0.3, -0.25) is 0 Å². The summed E-state index contributed by atoms with van der Waals surface area (Å²) in [4.78, 5) is 0. The molecule has 0 aromatic rings. The largest absolute Gasteiger partial charge is 0.387 e. The van der Waals surface area contributed by atoms with E-state index in [2.05, 4.69) is 20.3 Å². The third kappa shape index (κ3) is 18.9. The fourth-order valence-electron chi connectivity index (χ4n) is 0.486. The summed E-state index contributed by atoms with van der Waals surface area (Å²) in [5.74, 6) is 0.418. The molecule has 0 saturated heterocycles. The van der Waals surface area contributed by atoms with Crippen LogP contribution < -0.4 is 0 Å². The Labute approximate surface area is 121 Å². The molecule has 1 atom stereocenters. The van der Waals surface area contributed by atoms with Gasteiger partial charge >= 0.3 is 0 Å². The summed E-state index contributed by atoms with van der Waals surface area (Å²) in [6.07, 6.45) is 3.15. The van der Waals surface area contributed by atoms with Crippen LogP contribution in [0.3, 0.4) is 0 Å². The zero-order valence-electron chi connectivity index (χ0n) is 7.55. The topological polar surface area (TPSA) is 9.23 Å². The smallest absolute Gasteiger partial charge is 0.0217 e. The maximum Gasteiger partial charge on any atom is 0.0217 e. The van der Waals surface area contributed by atoms with Crippen LogP contribution in [0.15, 0.2) is 0 Å². The molecule has 0 heterocycles. The first-order valence-electron chi connectivity index (χ1n) is 3.46. The Morgan fingerprint density at radius 1 is 1.45 bits per heavy atom. The Bertz CT molecular complexity index is 58.1. The molecule has 62 valence electrons. The number of unbranched alkanes of at least 4 members (excludes halogenated alkanes) is 1. The van der Waals surface area contributed by atoms with Crippen molar-refractivity contribution < 1.29 is 70.2 Å². The van der Waals surface area contributed by atoms with Gasteiger partial charge in [0.15, 0.2) is 0 Å². The van der Waals surface area contributed by atoms with Crippen molar-refractivity contribution in [2.45, 2.75) is 20.3 Å². The van der Waals surface area contributed by atoms with Crippen LogP contribution >= 0.6 is 0 Å². The number of hydrogen-bond acceptors (Lipinski definition) is 1. The second-order valence-electron chi connectivity index (χ2n) is 2.38. The average molecular weight is 306 g/mol. The van der Waals surface area contributed by atoms with E-state index in [1.54, 1.807) is 0 Å². The first kappa shape index (κ1) is 18.9. The van der Waals surface area contributed by atoms with Crippen LogP contribution in [-0.2, 0) is 70.2 Å². The van der Waals surface area contributed by atoms with E-state index in [0.717, 1.165) is 19.6 Å². The summed E-state index contributed by atoms with van der Waals surface area (Å²) >= 11 is 0. The Balaban J connectivity index is -0.000000320. The first-order chi connectivity index (χ1) is 4.27. The maximum absolute atomic E-state index is 5.24. The second-order valence-corrected chi connectivity index (χ2v) is 2.38. The third-order valence-corrected chi connectivity index (χ3v) is 0.953. The molecule has 2 radical (unpaired) electrons. The van der Waals surface area contributed by atoms with Crippen molar-refractivity contribution in [2.24, 2.45) is 5.92 Å². The van der Waals surface area contributed by atoms with Gasteiger partial charge in [0, 0.05) is 78.6 Å². The number of hydrogen-bond donors (Lipinski definition) is 0. The standard InChI is InChI=1S/C8H16O.2Y/c1-4-5-6-9-7-8(2)3;;/h4,8H,2,5-7H2,1,3H3;;/q-2;;/t8-;;/m1../s1. The van der Waals surface area contributed by atoms with Crippen molar-refractivity contribution in [1.29, 1.82) is 0 Å². The first-order valence-corrected chi connectivity index (χ1v) is 3.46. The van der Waals surface area contributed by atoms with E-state index >= 15 is 0 Å². The summed E-state index contributed by atoms with van der Waals surface area (Å²) in [6, 6.07) is 0. The Kier molecular flexibility index (Phi) is 25.2. The molecule has 0 aliphatic rings. The van der Waals surface area contributed by atoms with Gasteiger partial charge in [0.05, 0.1) is 0 Å². The minimum atomic E-state index is 0. The van der Waals surface area contributed by atoms with Gasteiger partial charge in [0.1, 0.15) is 0 Å². The van der Waals surface area contributed by atoms with Crippen molar-refractivity contribution in [3.63, 3.8) is 0 Å². The van der Waals surface area contributed by atoms with Crippen LogP contribution in [-0.4, -0.2) is 13.2 Å². The van der Waals surface area contributed by atoms with Gasteiger partial charge in [-0.25, -0.2) is 0 Å². The van der Waals surface area contributed by atoms with Crippen molar-refractivity contribution in [3.05, 3.63) is 13.3 Å². The predicted molar refractivity (Wildman–Crippen MR) is 39.9 cm³/mol. The molecule has 0 aromatic carbocycles. The van der Waals surface area contributed by atoms with Gasteiger partial charge in [-0.05, 0) is 0 Å². The molecule has 0 rings (SSSR count). The molecule has 0 unspecified atom stereocenters. The maximum atomic E-state index is 5.24. The zero-order valence-corrected chi connectivity index (χ0v) is 13.2. The van der Waals surface area contributed by atoms with Crippen molar-refractivity contribution >= 4 is 0 Å². The quantitative estimate of drug-likeness (QED) is 0.558. The average Bonchev–Trinajstić information content (AvgIpc) is 1.80. The Morgan fingerprint density at radius 3 is 2.36 bits per heavy atom. The van der Waals surface area contributed by atoms with Crippen LogP contribution in [0.2, 0.25) is 0 Å². The second kappa shape index (κ2) is 14.7. The molecule has 3 heteroatoms. The van der Waals surface area contributed by atoms with E-state index in [-0.39, 0.29) is 65.4 Å². The summed E-state index contributed by atoms with van der Waals surface area (Å²) in [5, 5.41) is 0. The zero-order chi connectivity index (χ0) is 7.11. The molecule has 0 aromatic heterocycles. The summed E-state index contributed by atoms with van der Waals surface area (Å²) in [6.45, 7) is 9.52. The van der Waals surface area contributed by atoms with Crippen LogP contribution in [0.4, 0.5) is 0 Å². The Hall–Kier alpha value is 2.17. The molecule has 0 saturated carbocycles. The summed E-state index contributed by atoms with van der Waals surface area (Å²) < 4.78 is 5.24. The fraction of sp³-hybridized carbons (Fsp3) is 0.750. The van der Waals surface area contributed by atoms with Gasteiger partial charge in [-0.1, -0.05) is 6.92 Å². The van der Waals surface area contributed by atoms with E-state index < -0.39 is 0 Å². The van der Waals surface area contributed by atoms with Crippen LogP contribution in [0, 0.1) is 19.3 Å². The van der Waals surface area contributed by atoms with Gasteiger partial charge in [0.25, 0.3) is 0 Å². The minimum absolute atomic E-state index is 0. The number of rotatable bonds is 5. The molecular weight excluding hydrogens is 290 g/mol. The molecule has 0 aliphatic heterocycles. The molecule has 0 fully saturated rings. The molecule has 0 aliphatic carbocycles. The molecule has 0 amide bonds. The van der Waals surface area contributed by atoms with Crippen molar-refractivity contribution in [3.8, 4) is 0 Å². The normalized spacial score (nSPS) is 11.2. The van der Waals surface area contributed by atoms with Crippen LogP contribution in [0.1, 0.15) is 20.3 Å². The van der Waals surface area contributed by atoms with Crippen molar-refractivity contribution in [1.82, 2.24) is 0 Å². The van der Waals surface area contributed by atoms with Crippen molar-refractivity contribution in [2.75, 3.05) is 13.2 Å². The minimum Gasteiger partial charge on any atom is -0.387 e. The van der Waals surface area contributed by atoms with Gasteiger partial charge in [0.2, 0.25) is 0 Å². The molecule has 0 bridgehead atoms. The SMILES string of the molecule is [CH2-][C@H](C)COCC[CH-]C.[Y].[Y]. The molecule has 1 nitrogen and oxygen atoms in total. The predicted octanol–water partition coefficient (Wildman–Crippen LogP) is 2.08. The van der Waals surface area contributed by atoms with Crippen LogP contribution in [0.25, 0.3) is 0 Å². The van der Waals surface area contributed by atoms with Gasteiger partial charge in [-0.15, -0.1) is 5.92 Å². The van der Waals surface area contributed by atoms with E-state index in [9.17, 15) is 0 Å².